The Labute approximate surface area is 212 Å². The van der Waals surface area contributed by atoms with Gasteiger partial charge in [0.2, 0.25) is 18.2 Å². The average molecular weight is 506 g/mol. The predicted molar refractivity (Wildman–Crippen MR) is 137 cm³/mol. The predicted octanol–water partition coefficient (Wildman–Crippen LogP) is 3.18. The molecule has 3 atom stereocenters. The number of thiazole rings is 1. The Balaban J connectivity index is 1.24. The lowest BCUT2D eigenvalue weighted by Crippen LogP contribution is -2.50. The second-order valence-corrected chi connectivity index (χ2v) is 10.6. The fourth-order valence-corrected chi connectivity index (χ4v) is 5.43. The summed E-state index contributed by atoms with van der Waals surface area (Å²) in [7, 11) is 0. The highest BCUT2D eigenvalue weighted by molar-refractivity contribution is 7.15. The largest absolute Gasteiger partial charge is 0.457 e. The van der Waals surface area contributed by atoms with Crippen LogP contribution in [-0.4, -0.2) is 46.7 Å². The van der Waals surface area contributed by atoms with Crippen molar-refractivity contribution in [2.24, 2.45) is 5.41 Å². The molecule has 0 bridgehead atoms. The second-order valence-electron chi connectivity index (χ2n) is 9.42. The fraction of sp³-hybridized carbons (Fsp3) is 0.308. The number of piperidine rings is 1. The van der Waals surface area contributed by atoms with Crippen LogP contribution in [0.3, 0.4) is 0 Å². The molecule has 3 aromatic rings. The van der Waals surface area contributed by atoms with Crippen molar-refractivity contribution in [2.45, 2.75) is 38.4 Å². The van der Waals surface area contributed by atoms with Crippen LogP contribution in [0.2, 0.25) is 0 Å². The highest BCUT2D eigenvalue weighted by Gasteiger charge is 2.64. The molecule has 2 fully saturated rings. The first-order valence-corrected chi connectivity index (χ1v) is 12.5. The van der Waals surface area contributed by atoms with Gasteiger partial charge in [0.25, 0.3) is 0 Å². The number of ether oxygens (including phenoxy) is 1. The molecule has 9 nitrogen and oxygen atoms in total. The summed E-state index contributed by atoms with van der Waals surface area (Å²) in [6.07, 6.45) is 3.73. The van der Waals surface area contributed by atoms with Gasteiger partial charge in [0.15, 0.2) is 5.13 Å². The number of anilines is 2. The van der Waals surface area contributed by atoms with Crippen LogP contribution in [-0.2, 0) is 20.9 Å². The minimum atomic E-state index is -0.568. The number of nitrogen functional groups attached to an aromatic ring is 1. The summed E-state index contributed by atoms with van der Waals surface area (Å²) in [4.78, 5) is 46.1. The van der Waals surface area contributed by atoms with Crippen molar-refractivity contribution in [3.8, 4) is 11.5 Å². The Kier molecular flexibility index (Phi) is 6.36. The summed E-state index contributed by atoms with van der Waals surface area (Å²) in [5.74, 6) is 0.871. The summed E-state index contributed by atoms with van der Waals surface area (Å²) in [5, 5.41) is 3.35. The van der Waals surface area contributed by atoms with E-state index in [2.05, 4.69) is 17.2 Å². The topological polar surface area (TPSA) is 118 Å². The van der Waals surface area contributed by atoms with Gasteiger partial charge in [-0.3, -0.25) is 14.4 Å². The second kappa shape index (κ2) is 9.62. The van der Waals surface area contributed by atoms with Gasteiger partial charge in [-0.1, -0.05) is 25.1 Å². The first-order chi connectivity index (χ1) is 17.4. The quantitative estimate of drug-likeness (QED) is 0.432. The average Bonchev–Trinajstić information content (AvgIpc) is 3.19. The lowest BCUT2D eigenvalue weighted by atomic mass is 10.0. The summed E-state index contributed by atoms with van der Waals surface area (Å²) in [6.45, 7) is 2.26. The van der Waals surface area contributed by atoms with E-state index >= 15 is 0 Å². The fourth-order valence-electron chi connectivity index (χ4n) is 4.80. The Bertz CT molecular complexity index is 1260. The first kappa shape index (κ1) is 23.8. The van der Waals surface area contributed by atoms with E-state index in [-0.39, 0.29) is 29.8 Å². The number of benzene rings is 2. The molecular weight excluding hydrogens is 478 g/mol. The summed E-state index contributed by atoms with van der Waals surface area (Å²) in [5.41, 5.74) is 6.17. The molecule has 10 heteroatoms. The number of hydrogen-bond donors (Lipinski definition) is 2. The summed E-state index contributed by atoms with van der Waals surface area (Å²) in [6, 6.07) is 15.8. The molecule has 1 aliphatic carbocycles. The lowest BCUT2D eigenvalue weighted by Gasteiger charge is -2.29. The van der Waals surface area contributed by atoms with Crippen molar-refractivity contribution >= 4 is 40.4 Å². The molecule has 3 amide bonds. The normalized spacial score (nSPS) is 22.0. The number of rotatable bonds is 9. The van der Waals surface area contributed by atoms with E-state index < -0.39 is 6.04 Å². The van der Waals surface area contributed by atoms with Crippen molar-refractivity contribution in [1.82, 2.24) is 15.2 Å². The van der Waals surface area contributed by atoms with Crippen molar-refractivity contribution in [3.05, 3.63) is 65.7 Å². The zero-order valence-corrected chi connectivity index (χ0v) is 20.6. The number of nitrogens with one attached hydrogen (secondary N) is 1. The van der Waals surface area contributed by atoms with Gasteiger partial charge in [-0.15, -0.1) is 11.3 Å². The number of carbonyl (C=O) groups excluding carboxylic acids is 3. The van der Waals surface area contributed by atoms with E-state index in [0.717, 1.165) is 11.3 Å². The van der Waals surface area contributed by atoms with Crippen molar-refractivity contribution in [2.75, 3.05) is 17.2 Å². The standard InChI is InChI=1S/C26H27N5O4S/c1-26-11-21(24(34)28-13-20-14-29-25(27)36-20)31(22(26)12-26)23(33)15-30(16-32)17-7-9-19(10-8-17)35-18-5-3-2-4-6-18/h2-10,14,16,21-22H,11-13,15H2,1H3,(H2,27,29)(H,28,34)/t21-,22-,26+/m0/s1. The van der Waals surface area contributed by atoms with E-state index in [0.29, 0.717) is 41.7 Å². The molecule has 2 heterocycles. The molecule has 0 unspecified atom stereocenters. The third kappa shape index (κ3) is 4.90. The SMILES string of the molecule is C[C@@]12C[C@@H]1N(C(=O)CN(C=O)c1ccc(Oc3ccccc3)cc1)[C@H](C(=O)NCc1cnc(N)s1)C2. The van der Waals surface area contributed by atoms with Crippen LogP contribution in [0.25, 0.3) is 0 Å². The molecule has 3 N–H and O–H groups in total. The Morgan fingerprint density at radius 3 is 2.58 bits per heavy atom. The van der Waals surface area contributed by atoms with Crippen LogP contribution in [0.15, 0.2) is 60.8 Å². The van der Waals surface area contributed by atoms with Crippen LogP contribution in [0.4, 0.5) is 10.8 Å². The lowest BCUT2D eigenvalue weighted by molar-refractivity contribution is -0.139. The third-order valence-corrected chi connectivity index (χ3v) is 7.64. The molecule has 1 saturated heterocycles. The molecular formula is C26H27N5O4S. The monoisotopic (exact) mass is 505 g/mol. The molecule has 1 aliphatic heterocycles. The first-order valence-electron chi connectivity index (χ1n) is 11.7. The van der Waals surface area contributed by atoms with Crippen LogP contribution >= 0.6 is 11.3 Å². The van der Waals surface area contributed by atoms with E-state index in [1.807, 2.05) is 30.3 Å². The van der Waals surface area contributed by atoms with Crippen LogP contribution in [0, 0.1) is 5.41 Å². The maximum atomic E-state index is 13.4. The molecule has 2 aromatic carbocycles. The minimum Gasteiger partial charge on any atom is -0.457 e. The zero-order chi connectivity index (χ0) is 25.3. The summed E-state index contributed by atoms with van der Waals surface area (Å²) >= 11 is 1.32. The number of fused-ring (bicyclic) bond motifs is 1. The van der Waals surface area contributed by atoms with Gasteiger partial charge in [0.1, 0.15) is 24.1 Å². The number of amides is 3. The van der Waals surface area contributed by atoms with Gasteiger partial charge in [-0.2, -0.15) is 0 Å². The van der Waals surface area contributed by atoms with E-state index in [9.17, 15) is 14.4 Å². The van der Waals surface area contributed by atoms with Crippen LogP contribution in [0.5, 0.6) is 11.5 Å². The van der Waals surface area contributed by atoms with Gasteiger partial charge in [-0.25, -0.2) is 4.98 Å². The molecule has 0 radical (unpaired) electrons. The Hall–Kier alpha value is -3.92. The van der Waals surface area contributed by atoms with Gasteiger partial charge in [-0.05, 0) is 54.7 Å². The molecule has 0 spiro atoms. The van der Waals surface area contributed by atoms with E-state index in [1.54, 1.807) is 35.4 Å². The van der Waals surface area contributed by atoms with Crippen LogP contribution in [0.1, 0.15) is 24.6 Å². The molecule has 1 aromatic heterocycles. The number of hydrogen-bond acceptors (Lipinski definition) is 7. The van der Waals surface area contributed by atoms with Crippen molar-refractivity contribution in [1.29, 1.82) is 0 Å². The highest BCUT2D eigenvalue weighted by Crippen LogP contribution is 2.59. The smallest absolute Gasteiger partial charge is 0.243 e. The maximum absolute atomic E-state index is 13.4. The zero-order valence-electron chi connectivity index (χ0n) is 19.8. The molecule has 1 saturated carbocycles. The van der Waals surface area contributed by atoms with Crippen molar-refractivity contribution < 1.29 is 19.1 Å². The molecule has 186 valence electrons. The van der Waals surface area contributed by atoms with Gasteiger partial charge in [0.05, 0.1) is 6.54 Å². The highest BCUT2D eigenvalue weighted by atomic mass is 32.1. The summed E-state index contributed by atoms with van der Waals surface area (Å²) < 4.78 is 5.80. The van der Waals surface area contributed by atoms with Crippen LogP contribution < -0.4 is 20.7 Å². The number of aromatic nitrogens is 1. The minimum absolute atomic E-state index is 0.00921. The van der Waals surface area contributed by atoms with E-state index in [4.69, 9.17) is 10.5 Å². The number of likely N-dealkylation sites (tertiary alicyclic amines) is 1. The Morgan fingerprint density at radius 2 is 1.92 bits per heavy atom. The number of para-hydroxylation sites is 1. The van der Waals surface area contributed by atoms with E-state index in [1.165, 1.54) is 16.2 Å². The third-order valence-electron chi connectivity index (χ3n) is 6.81. The van der Waals surface area contributed by atoms with Crippen molar-refractivity contribution in [3.63, 3.8) is 0 Å². The maximum Gasteiger partial charge on any atom is 0.243 e. The van der Waals surface area contributed by atoms with Gasteiger partial charge < -0.3 is 25.6 Å². The number of nitrogens with two attached hydrogens (primary N) is 1. The Morgan fingerprint density at radius 1 is 1.19 bits per heavy atom. The van der Waals surface area contributed by atoms with Gasteiger partial charge >= 0.3 is 0 Å². The molecule has 2 aliphatic rings. The molecule has 36 heavy (non-hydrogen) atoms. The number of carbonyl (C=O) groups is 3. The molecule has 5 rings (SSSR count). The number of nitrogens with zero attached hydrogens (tertiary/aromatic N) is 3. The van der Waals surface area contributed by atoms with Gasteiger partial charge in [0, 0.05) is 22.8 Å².